The molecule has 3 aromatic rings. The summed E-state index contributed by atoms with van der Waals surface area (Å²) in [6.07, 6.45) is 0. The van der Waals surface area contributed by atoms with Crippen LogP contribution in [0.15, 0.2) is 47.3 Å². The van der Waals surface area contributed by atoms with E-state index in [9.17, 15) is 29.4 Å². The van der Waals surface area contributed by atoms with E-state index in [0.717, 1.165) is 0 Å². The highest BCUT2D eigenvalue weighted by Crippen LogP contribution is 2.36. The van der Waals surface area contributed by atoms with Crippen molar-refractivity contribution in [3.8, 4) is 28.4 Å². The molecule has 37 heavy (non-hydrogen) atoms. The minimum Gasteiger partial charge on any atom is -0.494 e. The Morgan fingerprint density at radius 1 is 0.892 bits per heavy atom. The van der Waals surface area contributed by atoms with Crippen molar-refractivity contribution in [2.24, 2.45) is 0 Å². The van der Waals surface area contributed by atoms with E-state index in [0.29, 0.717) is 18.0 Å². The maximum Gasteiger partial charge on any atom is 0.342 e. The van der Waals surface area contributed by atoms with Gasteiger partial charge in [0.2, 0.25) is 0 Å². The summed E-state index contributed by atoms with van der Waals surface area (Å²) in [7, 11) is 0. The smallest absolute Gasteiger partial charge is 0.342 e. The van der Waals surface area contributed by atoms with Gasteiger partial charge in [0, 0.05) is 11.3 Å². The molecular formula is C25H25N3O9. The van der Waals surface area contributed by atoms with Gasteiger partial charge in [0.25, 0.3) is 11.5 Å². The van der Waals surface area contributed by atoms with Crippen molar-refractivity contribution >= 4 is 29.4 Å². The monoisotopic (exact) mass is 511 g/mol. The topological polar surface area (TPSA) is 190 Å². The lowest BCUT2D eigenvalue weighted by Crippen LogP contribution is -2.24. The number of carbonyl (C=O) groups is 3. The lowest BCUT2D eigenvalue weighted by molar-refractivity contribution is -0.118. The zero-order valence-corrected chi connectivity index (χ0v) is 20.0. The van der Waals surface area contributed by atoms with Crippen LogP contribution in [0.2, 0.25) is 0 Å². The summed E-state index contributed by atoms with van der Waals surface area (Å²) in [5.41, 5.74) is 3.44. The van der Waals surface area contributed by atoms with Crippen LogP contribution in [0.1, 0.15) is 34.6 Å². The first kappa shape index (κ1) is 26.6. The molecule has 0 saturated carbocycles. The highest BCUT2D eigenvalue weighted by atomic mass is 16.5. The van der Waals surface area contributed by atoms with Crippen LogP contribution in [0.25, 0.3) is 11.1 Å². The molecular weight excluding hydrogens is 486 g/mol. The average Bonchev–Trinajstić information content (AvgIpc) is 2.83. The molecule has 12 nitrogen and oxygen atoms in total. The Hall–Kier alpha value is -5.00. The number of aromatic amines is 1. The fourth-order valence-corrected chi connectivity index (χ4v) is 3.53. The number of amides is 1. The van der Waals surface area contributed by atoms with Crippen LogP contribution < -0.4 is 30.8 Å². The highest BCUT2D eigenvalue weighted by Gasteiger charge is 2.27. The molecule has 0 radical (unpaired) electrons. The van der Waals surface area contributed by atoms with E-state index < -0.39 is 40.3 Å². The van der Waals surface area contributed by atoms with E-state index in [1.807, 2.05) is 11.9 Å². The third-order valence-electron chi connectivity index (χ3n) is 5.01. The van der Waals surface area contributed by atoms with Crippen LogP contribution in [0.4, 0.5) is 11.5 Å². The first-order chi connectivity index (χ1) is 17.7. The van der Waals surface area contributed by atoms with Crippen LogP contribution in [-0.4, -0.2) is 52.9 Å². The summed E-state index contributed by atoms with van der Waals surface area (Å²) in [5.74, 6) is -3.23. The zero-order valence-electron chi connectivity index (χ0n) is 20.0. The molecule has 1 amide bonds. The molecule has 194 valence electrons. The second-order valence-corrected chi connectivity index (χ2v) is 7.49. The van der Waals surface area contributed by atoms with E-state index in [1.165, 1.54) is 18.2 Å². The molecule has 0 atom stereocenters. The van der Waals surface area contributed by atoms with Gasteiger partial charge in [0.1, 0.15) is 22.7 Å². The highest BCUT2D eigenvalue weighted by molar-refractivity contribution is 6.07. The minimum atomic E-state index is -1.64. The predicted octanol–water partition coefficient (Wildman–Crippen LogP) is 2.84. The lowest BCUT2D eigenvalue weighted by Gasteiger charge is -2.16. The van der Waals surface area contributed by atoms with Crippen LogP contribution in [0, 0.1) is 0 Å². The molecule has 0 aliphatic rings. The van der Waals surface area contributed by atoms with Crippen molar-refractivity contribution in [3.05, 3.63) is 63.9 Å². The number of nitrogens with two attached hydrogens (primary N) is 1. The molecule has 1 aromatic heterocycles. The second kappa shape index (κ2) is 11.6. The van der Waals surface area contributed by atoms with E-state index in [4.69, 9.17) is 19.9 Å². The van der Waals surface area contributed by atoms with Gasteiger partial charge in [0.05, 0.1) is 13.2 Å². The summed E-state index contributed by atoms with van der Waals surface area (Å²) in [6, 6.07) is 10.8. The number of benzene rings is 2. The quantitative estimate of drug-likeness (QED) is 0.256. The fraction of sp³-hybridized carbons (Fsp3) is 0.200. The van der Waals surface area contributed by atoms with Crippen LogP contribution in [-0.2, 0) is 4.79 Å². The Balaban J connectivity index is 1.90. The third kappa shape index (κ3) is 6.17. The summed E-state index contributed by atoms with van der Waals surface area (Å²) in [5, 5.41) is 21.9. The van der Waals surface area contributed by atoms with Crippen LogP contribution >= 0.6 is 0 Å². The van der Waals surface area contributed by atoms with Gasteiger partial charge < -0.3 is 40.5 Å². The first-order valence-corrected chi connectivity index (χ1v) is 11.1. The first-order valence-electron chi connectivity index (χ1n) is 11.1. The van der Waals surface area contributed by atoms with Gasteiger partial charge in [-0.1, -0.05) is 6.07 Å². The fourth-order valence-electron chi connectivity index (χ4n) is 3.53. The summed E-state index contributed by atoms with van der Waals surface area (Å²) in [4.78, 5) is 50.4. The molecule has 1 heterocycles. The van der Waals surface area contributed by atoms with Crippen molar-refractivity contribution in [2.45, 2.75) is 13.8 Å². The number of carboxylic acids is 2. The van der Waals surface area contributed by atoms with Gasteiger partial charge in [-0.05, 0) is 55.8 Å². The van der Waals surface area contributed by atoms with Gasteiger partial charge in [-0.15, -0.1) is 0 Å². The molecule has 0 saturated heterocycles. The predicted molar refractivity (Wildman–Crippen MR) is 134 cm³/mol. The lowest BCUT2D eigenvalue weighted by atomic mass is 9.95. The molecule has 0 aliphatic carbocycles. The van der Waals surface area contributed by atoms with Crippen molar-refractivity contribution in [3.63, 3.8) is 0 Å². The standard InChI is InChI=1S/C25H25N3O9/c1-3-35-15-8-6-14(7-9-15)27-18(29)12-37-16-10-5-13(11-17(16)36-4-2)19-20(24(31)32)22(26)28-23(30)21(19)25(33)34/h5-11H,3-4,12H2,1-2H3,(H,27,29)(H,31,32)(H,33,34)(H3,26,28,30). The number of aromatic nitrogens is 1. The van der Waals surface area contributed by atoms with Gasteiger partial charge >= 0.3 is 11.9 Å². The average molecular weight is 511 g/mol. The maximum absolute atomic E-state index is 12.4. The normalized spacial score (nSPS) is 10.4. The summed E-state index contributed by atoms with van der Waals surface area (Å²) >= 11 is 0. The number of rotatable bonds is 11. The molecule has 0 unspecified atom stereocenters. The van der Waals surface area contributed by atoms with Crippen LogP contribution in [0.5, 0.6) is 17.2 Å². The van der Waals surface area contributed by atoms with E-state index >= 15 is 0 Å². The van der Waals surface area contributed by atoms with Gasteiger partial charge in [-0.25, -0.2) is 9.59 Å². The molecule has 3 rings (SSSR count). The molecule has 0 aliphatic heterocycles. The van der Waals surface area contributed by atoms with E-state index in [1.54, 1.807) is 31.2 Å². The number of hydrogen-bond donors (Lipinski definition) is 5. The van der Waals surface area contributed by atoms with E-state index in [-0.39, 0.29) is 35.8 Å². The van der Waals surface area contributed by atoms with Crippen molar-refractivity contribution < 1.29 is 38.8 Å². The number of H-pyrrole nitrogens is 1. The minimum absolute atomic E-state index is 0.0437. The Labute approximate surface area is 210 Å². The molecule has 12 heteroatoms. The Morgan fingerprint density at radius 3 is 2.14 bits per heavy atom. The van der Waals surface area contributed by atoms with Gasteiger partial charge in [0.15, 0.2) is 18.1 Å². The van der Waals surface area contributed by atoms with Gasteiger partial charge in [-0.3, -0.25) is 9.59 Å². The largest absolute Gasteiger partial charge is 0.494 e. The zero-order chi connectivity index (χ0) is 27.1. The Bertz CT molecular complexity index is 1380. The molecule has 0 spiro atoms. The Morgan fingerprint density at radius 2 is 1.54 bits per heavy atom. The number of carbonyl (C=O) groups excluding carboxylic acids is 1. The SMILES string of the molecule is CCOc1ccc(NC(=O)COc2ccc(-c3c(C(=O)O)c(N)[nH]c(=O)c3C(=O)O)cc2OCC)cc1. The summed E-state index contributed by atoms with van der Waals surface area (Å²) in [6.45, 7) is 3.86. The van der Waals surface area contributed by atoms with Crippen molar-refractivity contribution in [1.82, 2.24) is 4.98 Å². The second-order valence-electron chi connectivity index (χ2n) is 7.49. The number of nitrogen functional groups attached to an aromatic ring is 1. The van der Waals surface area contributed by atoms with Crippen LogP contribution in [0.3, 0.4) is 0 Å². The molecule has 0 bridgehead atoms. The number of carboxylic acid groups (broad SMARTS) is 2. The number of anilines is 2. The van der Waals surface area contributed by atoms with Crippen molar-refractivity contribution in [2.75, 3.05) is 30.9 Å². The molecule has 2 aromatic carbocycles. The Kier molecular flexibility index (Phi) is 8.35. The third-order valence-corrected chi connectivity index (χ3v) is 5.01. The number of aromatic carboxylic acids is 2. The van der Waals surface area contributed by atoms with E-state index in [2.05, 4.69) is 5.32 Å². The van der Waals surface area contributed by atoms with Crippen molar-refractivity contribution in [1.29, 1.82) is 0 Å². The maximum atomic E-state index is 12.4. The number of nitrogens with one attached hydrogen (secondary N) is 2. The number of ether oxygens (including phenoxy) is 3. The summed E-state index contributed by atoms with van der Waals surface area (Å²) < 4.78 is 16.5. The number of pyridine rings is 1. The molecule has 0 fully saturated rings. The molecule has 6 N–H and O–H groups in total. The number of hydrogen-bond acceptors (Lipinski definition) is 8. The van der Waals surface area contributed by atoms with Gasteiger partial charge in [-0.2, -0.15) is 0 Å².